The number of nitrogens with zero attached hydrogens (tertiary/aromatic N) is 3. The highest BCUT2D eigenvalue weighted by Gasteiger charge is 2.17. The van der Waals surface area contributed by atoms with Crippen LogP contribution in [0.3, 0.4) is 0 Å². The van der Waals surface area contributed by atoms with Crippen LogP contribution in [-0.2, 0) is 5.41 Å². The van der Waals surface area contributed by atoms with Crippen LogP contribution < -0.4 is 10.2 Å². The summed E-state index contributed by atoms with van der Waals surface area (Å²) in [6.07, 6.45) is 3.80. The zero-order valence-corrected chi connectivity index (χ0v) is 12.6. The average Bonchev–Trinajstić information content (AvgIpc) is 2.88. The maximum absolute atomic E-state index is 4.35. The molecule has 1 atom stereocenters. The minimum atomic E-state index is 0.0673. The molecule has 4 nitrogen and oxygen atoms in total. The third-order valence-electron chi connectivity index (χ3n) is 3.79. The van der Waals surface area contributed by atoms with Crippen LogP contribution in [0.2, 0.25) is 0 Å². The minimum Gasteiger partial charge on any atom is -0.358 e. The van der Waals surface area contributed by atoms with Crippen LogP contribution >= 0.6 is 0 Å². The Morgan fingerprint density at radius 1 is 1.32 bits per heavy atom. The molecule has 0 aromatic carbocycles. The van der Waals surface area contributed by atoms with Gasteiger partial charge in [-0.15, -0.1) is 5.10 Å². The Labute approximate surface area is 116 Å². The maximum Gasteiger partial charge on any atom is 0.150 e. The van der Waals surface area contributed by atoms with E-state index in [0.29, 0.717) is 6.04 Å². The molecule has 1 unspecified atom stereocenters. The lowest BCUT2D eigenvalue weighted by Crippen LogP contribution is -2.29. The molecule has 19 heavy (non-hydrogen) atoms. The number of hydrogen-bond acceptors (Lipinski definition) is 4. The molecule has 0 spiro atoms. The standard InChI is InChI=1S/C15H26N4/c1-15(2,3)13-7-8-14(18-17-13)19(4)11-9-12-6-5-10-16-12/h7-8,12,16H,5-6,9-11H2,1-4H3. The highest BCUT2D eigenvalue weighted by Crippen LogP contribution is 2.20. The molecule has 1 N–H and O–H groups in total. The molecule has 1 aromatic rings. The van der Waals surface area contributed by atoms with Gasteiger partial charge >= 0.3 is 0 Å². The van der Waals surface area contributed by atoms with E-state index in [4.69, 9.17) is 0 Å². The third-order valence-corrected chi connectivity index (χ3v) is 3.79. The number of anilines is 1. The van der Waals surface area contributed by atoms with E-state index >= 15 is 0 Å². The zero-order valence-electron chi connectivity index (χ0n) is 12.6. The van der Waals surface area contributed by atoms with E-state index in [9.17, 15) is 0 Å². The van der Waals surface area contributed by atoms with E-state index in [2.05, 4.69) is 60.4 Å². The summed E-state index contributed by atoms with van der Waals surface area (Å²) in [5, 5.41) is 12.2. The van der Waals surface area contributed by atoms with Crippen molar-refractivity contribution in [2.24, 2.45) is 0 Å². The summed E-state index contributed by atoms with van der Waals surface area (Å²) in [4.78, 5) is 2.19. The largest absolute Gasteiger partial charge is 0.358 e. The van der Waals surface area contributed by atoms with Crippen LogP contribution in [-0.4, -0.2) is 36.4 Å². The Bertz CT molecular complexity index is 388. The van der Waals surface area contributed by atoms with Gasteiger partial charge in [-0.25, -0.2) is 0 Å². The summed E-state index contributed by atoms with van der Waals surface area (Å²) < 4.78 is 0. The van der Waals surface area contributed by atoms with Crippen LogP contribution in [0.1, 0.15) is 45.7 Å². The summed E-state index contributed by atoms with van der Waals surface area (Å²) in [7, 11) is 2.09. The second-order valence-corrected chi connectivity index (χ2v) is 6.53. The van der Waals surface area contributed by atoms with Gasteiger partial charge in [0.05, 0.1) is 5.69 Å². The van der Waals surface area contributed by atoms with Crippen LogP contribution in [0.5, 0.6) is 0 Å². The summed E-state index contributed by atoms with van der Waals surface area (Å²) in [6.45, 7) is 8.68. The van der Waals surface area contributed by atoms with Crippen molar-refractivity contribution >= 4 is 5.82 Å². The first-order valence-electron chi connectivity index (χ1n) is 7.25. The molecule has 1 saturated heterocycles. The van der Waals surface area contributed by atoms with Gasteiger partial charge in [0.15, 0.2) is 5.82 Å². The molecule has 2 heterocycles. The van der Waals surface area contributed by atoms with Gasteiger partial charge in [-0.2, -0.15) is 5.10 Å². The molecule has 2 rings (SSSR count). The summed E-state index contributed by atoms with van der Waals surface area (Å²) >= 11 is 0. The van der Waals surface area contributed by atoms with Crippen molar-refractivity contribution in [2.45, 2.75) is 51.5 Å². The molecule has 4 heteroatoms. The fourth-order valence-corrected chi connectivity index (χ4v) is 2.40. The highest BCUT2D eigenvalue weighted by atomic mass is 15.2. The molecule has 0 saturated carbocycles. The van der Waals surface area contributed by atoms with Crippen LogP contribution in [0.4, 0.5) is 5.82 Å². The predicted molar refractivity (Wildman–Crippen MR) is 79.6 cm³/mol. The fraction of sp³-hybridized carbons (Fsp3) is 0.733. The van der Waals surface area contributed by atoms with Gasteiger partial charge in [0.1, 0.15) is 0 Å². The van der Waals surface area contributed by atoms with Gasteiger partial charge in [-0.05, 0) is 37.9 Å². The van der Waals surface area contributed by atoms with Crippen LogP contribution in [0, 0.1) is 0 Å². The van der Waals surface area contributed by atoms with E-state index in [1.54, 1.807) is 0 Å². The monoisotopic (exact) mass is 262 g/mol. The van der Waals surface area contributed by atoms with Crippen molar-refractivity contribution in [3.63, 3.8) is 0 Å². The van der Waals surface area contributed by atoms with Crippen molar-refractivity contribution in [3.8, 4) is 0 Å². The quantitative estimate of drug-likeness (QED) is 0.904. The Morgan fingerprint density at radius 3 is 2.63 bits per heavy atom. The summed E-state index contributed by atoms with van der Waals surface area (Å²) in [5.41, 5.74) is 1.11. The molecule has 0 bridgehead atoms. The van der Waals surface area contributed by atoms with E-state index in [-0.39, 0.29) is 5.41 Å². The van der Waals surface area contributed by atoms with Crippen molar-refractivity contribution in [1.82, 2.24) is 15.5 Å². The van der Waals surface area contributed by atoms with Crippen LogP contribution in [0.15, 0.2) is 12.1 Å². The summed E-state index contributed by atoms with van der Waals surface area (Å²) in [6, 6.07) is 4.85. The van der Waals surface area contributed by atoms with Crippen molar-refractivity contribution in [2.75, 3.05) is 25.0 Å². The van der Waals surface area contributed by atoms with Crippen LogP contribution in [0.25, 0.3) is 0 Å². The maximum atomic E-state index is 4.35. The second-order valence-electron chi connectivity index (χ2n) is 6.53. The molecule has 1 aromatic heterocycles. The first-order chi connectivity index (χ1) is 8.97. The molecule has 106 valence electrons. The molecule has 1 aliphatic rings. The van der Waals surface area contributed by atoms with E-state index < -0.39 is 0 Å². The van der Waals surface area contributed by atoms with Gasteiger partial charge in [0.25, 0.3) is 0 Å². The normalized spacial score (nSPS) is 19.7. The van der Waals surface area contributed by atoms with Gasteiger partial charge < -0.3 is 10.2 Å². The lowest BCUT2D eigenvalue weighted by molar-refractivity contribution is 0.550. The minimum absolute atomic E-state index is 0.0673. The Balaban J connectivity index is 1.89. The molecule has 1 fully saturated rings. The fourth-order valence-electron chi connectivity index (χ4n) is 2.40. The highest BCUT2D eigenvalue weighted by molar-refractivity contribution is 5.36. The molecular formula is C15H26N4. The van der Waals surface area contributed by atoms with Gasteiger partial charge in [0.2, 0.25) is 0 Å². The SMILES string of the molecule is CN(CCC1CCCN1)c1ccc(C(C)(C)C)nn1. The predicted octanol–water partition coefficient (Wildman–Crippen LogP) is 2.35. The smallest absolute Gasteiger partial charge is 0.150 e. The number of nitrogens with one attached hydrogen (secondary N) is 1. The molecule has 1 aliphatic heterocycles. The Morgan fingerprint density at radius 2 is 2.11 bits per heavy atom. The number of hydrogen-bond donors (Lipinski definition) is 1. The molecular weight excluding hydrogens is 236 g/mol. The summed E-state index contributed by atoms with van der Waals surface area (Å²) in [5.74, 6) is 0.964. The Hall–Kier alpha value is -1.16. The van der Waals surface area contributed by atoms with Gasteiger partial charge in [0, 0.05) is 25.0 Å². The number of aromatic nitrogens is 2. The topological polar surface area (TPSA) is 41.0 Å². The average molecular weight is 262 g/mol. The van der Waals surface area contributed by atoms with Crippen molar-refractivity contribution in [3.05, 3.63) is 17.8 Å². The van der Waals surface area contributed by atoms with E-state index in [1.807, 2.05) is 0 Å². The van der Waals surface area contributed by atoms with Gasteiger partial charge in [-0.1, -0.05) is 20.8 Å². The zero-order chi connectivity index (χ0) is 13.9. The molecule has 0 radical (unpaired) electrons. The first kappa shape index (κ1) is 14.3. The van der Waals surface area contributed by atoms with Crippen molar-refractivity contribution in [1.29, 1.82) is 0 Å². The van der Waals surface area contributed by atoms with E-state index in [0.717, 1.165) is 18.1 Å². The first-order valence-corrected chi connectivity index (χ1v) is 7.25. The van der Waals surface area contributed by atoms with Crippen molar-refractivity contribution < 1.29 is 0 Å². The lowest BCUT2D eigenvalue weighted by Gasteiger charge is -2.21. The molecule has 0 amide bonds. The van der Waals surface area contributed by atoms with E-state index in [1.165, 1.54) is 25.8 Å². The van der Waals surface area contributed by atoms with Gasteiger partial charge in [-0.3, -0.25) is 0 Å². The molecule has 0 aliphatic carbocycles. The number of rotatable bonds is 4. The second kappa shape index (κ2) is 5.87. The third kappa shape index (κ3) is 3.90. The lowest BCUT2D eigenvalue weighted by atomic mass is 9.92. The Kier molecular flexibility index (Phi) is 4.40.